The van der Waals surface area contributed by atoms with Gasteiger partial charge >= 0.3 is 5.97 Å². The first kappa shape index (κ1) is 20.1. The zero-order chi connectivity index (χ0) is 20.1. The Morgan fingerprint density at radius 2 is 1.89 bits per heavy atom. The highest BCUT2D eigenvalue weighted by Gasteiger charge is 2.26. The van der Waals surface area contributed by atoms with E-state index in [-0.39, 0.29) is 33.7 Å². The molecule has 0 unspecified atom stereocenters. The molecule has 10 nitrogen and oxygen atoms in total. The Labute approximate surface area is 158 Å². The summed E-state index contributed by atoms with van der Waals surface area (Å²) in [6.45, 7) is 3.47. The van der Waals surface area contributed by atoms with Gasteiger partial charge in [-0.15, -0.1) is 0 Å². The summed E-state index contributed by atoms with van der Waals surface area (Å²) in [7, 11) is 2.68. The van der Waals surface area contributed by atoms with Gasteiger partial charge in [-0.2, -0.15) is 0 Å². The minimum atomic E-state index is -0.771. The van der Waals surface area contributed by atoms with Gasteiger partial charge < -0.3 is 14.2 Å². The topological polar surface area (TPSA) is 130 Å². The highest BCUT2D eigenvalue weighted by molar-refractivity contribution is 7.17. The van der Waals surface area contributed by atoms with E-state index >= 15 is 0 Å². The molecule has 27 heavy (non-hydrogen) atoms. The maximum absolute atomic E-state index is 12.6. The smallest absolute Gasteiger partial charge is 0.350 e. The molecule has 0 aliphatic rings. The molecule has 1 N–H and O–H groups in total. The molecule has 2 rings (SSSR count). The first-order chi connectivity index (χ1) is 12.8. The molecule has 0 saturated carbocycles. The number of methoxy groups -OCH3 is 2. The maximum Gasteiger partial charge on any atom is 0.350 e. The Balaban J connectivity index is 2.37. The van der Waals surface area contributed by atoms with Crippen molar-refractivity contribution >= 4 is 34.0 Å². The number of rotatable bonds is 7. The molecular weight excluding hydrogens is 378 g/mol. The van der Waals surface area contributed by atoms with Crippen molar-refractivity contribution in [3.05, 3.63) is 38.4 Å². The van der Waals surface area contributed by atoms with Crippen molar-refractivity contribution in [3.63, 3.8) is 0 Å². The van der Waals surface area contributed by atoms with Crippen LogP contribution in [0, 0.1) is 17.0 Å². The van der Waals surface area contributed by atoms with Gasteiger partial charge in [0.2, 0.25) is 0 Å². The highest BCUT2D eigenvalue weighted by atomic mass is 32.1. The quantitative estimate of drug-likeness (QED) is 0.430. The van der Waals surface area contributed by atoms with Crippen LogP contribution in [0.25, 0.3) is 0 Å². The Morgan fingerprint density at radius 3 is 2.44 bits per heavy atom. The van der Waals surface area contributed by atoms with Crippen LogP contribution >= 0.6 is 11.3 Å². The Hall–Kier alpha value is -3.21. The lowest BCUT2D eigenvalue weighted by Gasteiger charge is -2.10. The van der Waals surface area contributed by atoms with Crippen LogP contribution in [0.3, 0.4) is 0 Å². The van der Waals surface area contributed by atoms with Gasteiger partial charge in [0.05, 0.1) is 37.5 Å². The summed E-state index contributed by atoms with van der Waals surface area (Å²) in [6.07, 6.45) is 0. The molecular formula is C16H17N3O7S. The Kier molecular flexibility index (Phi) is 6.29. The lowest BCUT2D eigenvalue weighted by atomic mass is 10.1. The molecule has 144 valence electrons. The molecule has 11 heteroatoms. The summed E-state index contributed by atoms with van der Waals surface area (Å²) in [5.41, 5.74) is -0.303. The van der Waals surface area contributed by atoms with Crippen LogP contribution < -0.4 is 14.8 Å². The lowest BCUT2D eigenvalue weighted by molar-refractivity contribution is -0.385. The van der Waals surface area contributed by atoms with Crippen LogP contribution in [0.15, 0.2) is 12.1 Å². The summed E-state index contributed by atoms with van der Waals surface area (Å²) >= 11 is 0.919. The zero-order valence-electron chi connectivity index (χ0n) is 15.0. The van der Waals surface area contributed by atoms with Crippen molar-refractivity contribution < 1.29 is 28.7 Å². The number of amides is 1. The number of carbonyl (C=O) groups is 2. The van der Waals surface area contributed by atoms with Gasteiger partial charge in [0.25, 0.3) is 11.6 Å². The number of aromatic nitrogens is 1. The zero-order valence-corrected chi connectivity index (χ0v) is 15.8. The van der Waals surface area contributed by atoms with Gasteiger partial charge in [-0.25, -0.2) is 9.78 Å². The number of hydrogen-bond acceptors (Lipinski definition) is 9. The Bertz CT molecular complexity index is 894. The first-order valence-electron chi connectivity index (χ1n) is 7.68. The maximum atomic E-state index is 12.6. The van der Waals surface area contributed by atoms with Crippen molar-refractivity contribution in [2.45, 2.75) is 13.8 Å². The predicted octanol–water partition coefficient (Wildman–Crippen LogP) is 2.81. The molecule has 0 atom stereocenters. The van der Waals surface area contributed by atoms with Crippen LogP contribution in [0.1, 0.15) is 32.6 Å². The molecule has 0 spiro atoms. The number of benzene rings is 1. The van der Waals surface area contributed by atoms with Gasteiger partial charge in [0.1, 0.15) is 10.4 Å². The molecule has 1 aromatic carbocycles. The predicted molar refractivity (Wildman–Crippen MR) is 97.0 cm³/mol. The van der Waals surface area contributed by atoms with Gasteiger partial charge in [-0.3, -0.25) is 20.2 Å². The van der Waals surface area contributed by atoms with Crippen LogP contribution in [0.2, 0.25) is 0 Å². The number of aryl methyl sites for hydroxylation is 1. The van der Waals surface area contributed by atoms with Crippen molar-refractivity contribution in [2.75, 3.05) is 26.1 Å². The Morgan fingerprint density at radius 1 is 1.26 bits per heavy atom. The fourth-order valence-electron chi connectivity index (χ4n) is 2.20. The van der Waals surface area contributed by atoms with Gasteiger partial charge in [0, 0.05) is 6.07 Å². The van der Waals surface area contributed by atoms with E-state index in [0.717, 1.165) is 17.4 Å². The first-order valence-corrected chi connectivity index (χ1v) is 8.50. The molecule has 0 fully saturated rings. The second-order valence-electron chi connectivity index (χ2n) is 5.09. The van der Waals surface area contributed by atoms with Gasteiger partial charge in [0.15, 0.2) is 16.6 Å². The molecule has 0 aliphatic heterocycles. The average molecular weight is 395 g/mol. The summed E-state index contributed by atoms with van der Waals surface area (Å²) in [5, 5.41) is 13.9. The summed E-state index contributed by atoms with van der Waals surface area (Å²) in [4.78, 5) is 39.4. The van der Waals surface area contributed by atoms with E-state index in [1.165, 1.54) is 20.3 Å². The van der Waals surface area contributed by atoms with Crippen LogP contribution in [0.4, 0.5) is 10.8 Å². The molecule has 0 bridgehead atoms. The van der Waals surface area contributed by atoms with Crippen molar-refractivity contribution in [1.29, 1.82) is 0 Å². The minimum Gasteiger partial charge on any atom is -0.493 e. The second kappa shape index (κ2) is 8.45. The van der Waals surface area contributed by atoms with E-state index in [1.54, 1.807) is 13.8 Å². The number of esters is 1. The van der Waals surface area contributed by atoms with E-state index in [9.17, 15) is 19.7 Å². The molecule has 2 aromatic rings. The number of nitro benzene ring substituents is 1. The molecule has 1 aromatic heterocycles. The monoisotopic (exact) mass is 395 g/mol. The second-order valence-corrected chi connectivity index (χ2v) is 6.09. The number of nitrogens with one attached hydrogen (secondary N) is 1. The summed E-state index contributed by atoms with van der Waals surface area (Å²) in [6, 6.07) is 2.31. The van der Waals surface area contributed by atoms with Gasteiger partial charge in [-0.05, 0) is 13.8 Å². The van der Waals surface area contributed by atoms with Crippen molar-refractivity contribution in [1.82, 2.24) is 4.98 Å². The highest BCUT2D eigenvalue weighted by Crippen LogP contribution is 2.35. The number of thiazole rings is 1. The van der Waals surface area contributed by atoms with E-state index in [0.29, 0.717) is 5.69 Å². The minimum absolute atomic E-state index is 0.115. The molecule has 0 radical (unpaired) electrons. The number of hydrogen-bond donors (Lipinski definition) is 1. The number of nitro groups is 1. The lowest BCUT2D eigenvalue weighted by Crippen LogP contribution is -2.14. The average Bonchev–Trinajstić information content (AvgIpc) is 3.00. The number of nitrogens with zero attached hydrogens (tertiary/aromatic N) is 2. The third kappa shape index (κ3) is 4.31. The summed E-state index contributed by atoms with van der Waals surface area (Å²) in [5.74, 6) is -1.04. The van der Waals surface area contributed by atoms with Crippen LogP contribution in [0.5, 0.6) is 11.5 Å². The van der Waals surface area contributed by atoms with E-state index in [1.807, 2.05) is 0 Å². The van der Waals surface area contributed by atoms with E-state index < -0.39 is 22.5 Å². The third-order valence-electron chi connectivity index (χ3n) is 3.42. The van der Waals surface area contributed by atoms with Crippen molar-refractivity contribution in [3.8, 4) is 11.5 Å². The normalized spacial score (nSPS) is 10.2. The summed E-state index contributed by atoms with van der Waals surface area (Å²) < 4.78 is 15.0. The number of carbonyl (C=O) groups excluding carboxylic acids is 2. The fraction of sp³-hybridized carbons (Fsp3) is 0.312. The third-order valence-corrected chi connectivity index (χ3v) is 4.47. The molecule has 0 aliphatic carbocycles. The fourth-order valence-corrected chi connectivity index (χ4v) is 3.06. The van der Waals surface area contributed by atoms with E-state index in [4.69, 9.17) is 14.2 Å². The molecule has 1 heterocycles. The standard InChI is InChI=1S/C16H17N3O7S/c1-5-26-15(21)13-8(2)17-16(27-13)18-14(20)9-6-11(24-3)12(25-4)7-10(9)19(22)23/h6-7H,5H2,1-4H3,(H,17,18,20). The number of anilines is 1. The number of ether oxygens (including phenoxy) is 3. The molecule has 0 saturated heterocycles. The molecule has 1 amide bonds. The van der Waals surface area contributed by atoms with Crippen LogP contribution in [-0.2, 0) is 4.74 Å². The van der Waals surface area contributed by atoms with Crippen LogP contribution in [-0.4, -0.2) is 42.6 Å². The van der Waals surface area contributed by atoms with E-state index in [2.05, 4.69) is 10.3 Å². The largest absolute Gasteiger partial charge is 0.493 e. The SMILES string of the molecule is CCOC(=O)c1sc(NC(=O)c2cc(OC)c(OC)cc2[N+](=O)[O-])nc1C. The van der Waals surface area contributed by atoms with Gasteiger partial charge in [-0.1, -0.05) is 11.3 Å². The van der Waals surface area contributed by atoms with Crippen molar-refractivity contribution in [2.24, 2.45) is 0 Å².